The molecule has 1 N–H and O–H groups in total. The Morgan fingerprint density at radius 3 is 2.27 bits per heavy atom. The summed E-state index contributed by atoms with van der Waals surface area (Å²) in [7, 11) is 1.60. The van der Waals surface area contributed by atoms with E-state index in [-0.39, 0.29) is 24.1 Å². The molecule has 1 aliphatic rings. The van der Waals surface area contributed by atoms with Gasteiger partial charge in [0.15, 0.2) is 5.78 Å². The monoisotopic (exact) mass is 510 g/mol. The second-order valence-corrected chi connectivity index (χ2v) is 11.1. The van der Waals surface area contributed by atoms with Crippen molar-refractivity contribution >= 4 is 28.5 Å². The molecule has 2 aromatic rings. The summed E-state index contributed by atoms with van der Waals surface area (Å²) in [5.41, 5.74) is 3.72. The van der Waals surface area contributed by atoms with Crippen LogP contribution < -0.4 is 5.32 Å². The molecule has 0 spiro atoms. The molecule has 0 saturated carbocycles. The van der Waals surface area contributed by atoms with Crippen LogP contribution in [0.25, 0.3) is 10.9 Å². The Kier molecular flexibility index (Phi) is 10.7. The van der Waals surface area contributed by atoms with Crippen molar-refractivity contribution in [3.05, 3.63) is 29.0 Å². The number of carbonyl (C=O) groups excluding carboxylic acids is 3. The van der Waals surface area contributed by atoms with Crippen molar-refractivity contribution in [2.24, 2.45) is 5.92 Å². The summed E-state index contributed by atoms with van der Waals surface area (Å²) in [6.07, 6.45) is 11.9. The summed E-state index contributed by atoms with van der Waals surface area (Å²) < 4.78 is 1.73. The van der Waals surface area contributed by atoms with Crippen LogP contribution in [-0.2, 0) is 29.0 Å². The average molecular weight is 511 g/mol. The molecule has 2 heterocycles. The van der Waals surface area contributed by atoms with Gasteiger partial charge in [-0.3, -0.25) is 19.1 Å². The van der Waals surface area contributed by atoms with Crippen LogP contribution in [0.2, 0.25) is 0 Å². The lowest BCUT2D eigenvalue weighted by molar-refractivity contribution is -0.140. The third kappa shape index (κ3) is 7.65. The number of hydrogen-bond donors (Lipinski definition) is 1. The zero-order valence-corrected chi connectivity index (χ0v) is 23.6. The standard InChI is InChI=1S/C30H46N4O3/c1-21(2)15-16-24-18-25-14-12-10-8-6-7-9-11-13-17-33(22(3)30(37)31-5)27(36)20-34-29(25)26(19-24)28(32-34)23(4)35/h18-19,21-22H,6-17,20H2,1-5H3,(H,31,37)/t22-/m0/s1. The summed E-state index contributed by atoms with van der Waals surface area (Å²) in [4.78, 5) is 40.4. The highest BCUT2D eigenvalue weighted by atomic mass is 16.2. The number of carbonyl (C=O) groups is 3. The molecule has 1 aromatic carbocycles. The van der Waals surface area contributed by atoms with Crippen LogP contribution in [0.4, 0.5) is 0 Å². The topological polar surface area (TPSA) is 84.3 Å². The highest BCUT2D eigenvalue weighted by Crippen LogP contribution is 2.28. The maximum absolute atomic E-state index is 13.6. The van der Waals surface area contributed by atoms with E-state index in [0.717, 1.165) is 55.8 Å². The van der Waals surface area contributed by atoms with E-state index in [1.54, 1.807) is 30.5 Å². The van der Waals surface area contributed by atoms with Crippen LogP contribution >= 0.6 is 0 Å². The molecule has 0 radical (unpaired) electrons. The number of hydrogen-bond acceptors (Lipinski definition) is 4. The van der Waals surface area contributed by atoms with E-state index in [1.807, 2.05) is 0 Å². The molecule has 7 heteroatoms. The third-order valence-electron chi connectivity index (χ3n) is 7.62. The van der Waals surface area contributed by atoms with Gasteiger partial charge >= 0.3 is 0 Å². The summed E-state index contributed by atoms with van der Waals surface area (Å²) >= 11 is 0. The molecule has 204 valence electrons. The summed E-state index contributed by atoms with van der Waals surface area (Å²) in [6, 6.07) is 3.81. The molecule has 0 bridgehead atoms. The summed E-state index contributed by atoms with van der Waals surface area (Å²) in [6.45, 7) is 8.34. The van der Waals surface area contributed by atoms with Crippen molar-refractivity contribution in [1.82, 2.24) is 20.0 Å². The second kappa shape index (κ2) is 13.7. The van der Waals surface area contributed by atoms with Gasteiger partial charge in [-0.1, -0.05) is 58.4 Å². The number of amides is 2. The highest BCUT2D eigenvalue weighted by Gasteiger charge is 2.27. The molecule has 2 amide bonds. The quantitative estimate of drug-likeness (QED) is 0.523. The predicted octanol–water partition coefficient (Wildman–Crippen LogP) is 5.47. The molecule has 1 aliphatic heterocycles. The number of benzene rings is 1. The van der Waals surface area contributed by atoms with Crippen LogP contribution in [-0.4, -0.2) is 51.9 Å². The lowest BCUT2D eigenvalue weighted by Gasteiger charge is -2.28. The molecule has 1 aromatic heterocycles. The molecular weight excluding hydrogens is 464 g/mol. The molecule has 0 unspecified atom stereocenters. The van der Waals surface area contributed by atoms with Gasteiger partial charge in [0.05, 0.1) is 5.52 Å². The number of nitrogens with zero attached hydrogens (tertiary/aromatic N) is 3. The Hall–Kier alpha value is -2.70. The Labute approximate surface area is 222 Å². The average Bonchev–Trinajstić information content (AvgIpc) is 3.23. The first-order chi connectivity index (χ1) is 17.7. The highest BCUT2D eigenvalue weighted by molar-refractivity contribution is 6.06. The van der Waals surface area contributed by atoms with Crippen molar-refractivity contribution in [2.75, 3.05) is 13.6 Å². The molecule has 0 fully saturated rings. The SMILES string of the molecule is CNC(=O)[C@H](C)N1CCCCCCCCCCc2cc(CCC(C)C)cc3c(C(C)=O)nn(c23)CC1=O. The number of rotatable bonds is 6. The van der Waals surface area contributed by atoms with E-state index in [9.17, 15) is 14.4 Å². The van der Waals surface area contributed by atoms with E-state index < -0.39 is 6.04 Å². The smallest absolute Gasteiger partial charge is 0.245 e. The number of Topliss-reactive ketones (excluding diaryl/α,β-unsaturated/α-hetero) is 1. The number of ketones is 1. The van der Waals surface area contributed by atoms with E-state index in [4.69, 9.17) is 0 Å². The van der Waals surface area contributed by atoms with Crippen LogP contribution in [0.1, 0.15) is 107 Å². The predicted molar refractivity (Wildman–Crippen MR) is 149 cm³/mol. The first-order valence-corrected chi connectivity index (χ1v) is 14.3. The Balaban J connectivity index is 2.07. The molecule has 3 rings (SSSR count). The van der Waals surface area contributed by atoms with Crippen molar-refractivity contribution in [1.29, 1.82) is 0 Å². The van der Waals surface area contributed by atoms with E-state index >= 15 is 0 Å². The Morgan fingerprint density at radius 2 is 1.65 bits per heavy atom. The summed E-state index contributed by atoms with van der Waals surface area (Å²) in [5, 5.41) is 8.22. The first-order valence-electron chi connectivity index (χ1n) is 14.3. The van der Waals surface area contributed by atoms with Gasteiger partial charge in [0.25, 0.3) is 0 Å². The van der Waals surface area contributed by atoms with Crippen molar-refractivity contribution in [2.45, 2.75) is 111 Å². The maximum atomic E-state index is 13.6. The van der Waals surface area contributed by atoms with Crippen LogP contribution in [0.15, 0.2) is 12.1 Å². The number of likely N-dealkylation sites (N-methyl/N-ethyl adjacent to an activating group) is 1. The van der Waals surface area contributed by atoms with Gasteiger partial charge in [0.1, 0.15) is 18.3 Å². The van der Waals surface area contributed by atoms with Crippen molar-refractivity contribution in [3.8, 4) is 0 Å². The van der Waals surface area contributed by atoms with Gasteiger partial charge in [0, 0.05) is 25.9 Å². The fraction of sp³-hybridized carbons (Fsp3) is 0.667. The minimum atomic E-state index is -0.562. The Morgan fingerprint density at radius 1 is 1.00 bits per heavy atom. The number of aromatic nitrogens is 2. The van der Waals surface area contributed by atoms with Gasteiger partial charge < -0.3 is 10.2 Å². The van der Waals surface area contributed by atoms with Crippen molar-refractivity contribution in [3.63, 3.8) is 0 Å². The number of nitrogens with one attached hydrogen (secondary N) is 1. The molecular formula is C30H46N4O3. The normalized spacial score (nSPS) is 17.2. The van der Waals surface area contributed by atoms with Gasteiger partial charge in [0.2, 0.25) is 11.8 Å². The van der Waals surface area contributed by atoms with Crippen LogP contribution in [0.3, 0.4) is 0 Å². The third-order valence-corrected chi connectivity index (χ3v) is 7.62. The number of aryl methyl sites for hydroxylation is 2. The largest absolute Gasteiger partial charge is 0.357 e. The summed E-state index contributed by atoms with van der Waals surface area (Å²) in [5.74, 6) is 0.189. The first kappa shape index (κ1) is 28.9. The van der Waals surface area contributed by atoms with E-state index in [0.29, 0.717) is 18.2 Å². The molecule has 0 aliphatic carbocycles. The van der Waals surface area contributed by atoms with E-state index in [1.165, 1.54) is 36.8 Å². The zero-order valence-electron chi connectivity index (χ0n) is 23.6. The second-order valence-electron chi connectivity index (χ2n) is 11.1. The molecule has 37 heavy (non-hydrogen) atoms. The van der Waals surface area contributed by atoms with Gasteiger partial charge in [-0.05, 0) is 62.1 Å². The lowest BCUT2D eigenvalue weighted by atomic mass is 9.95. The minimum absolute atomic E-state index is 0.0173. The fourth-order valence-corrected chi connectivity index (χ4v) is 5.40. The van der Waals surface area contributed by atoms with Crippen LogP contribution in [0, 0.1) is 5.92 Å². The van der Waals surface area contributed by atoms with Gasteiger partial charge in [-0.15, -0.1) is 0 Å². The lowest BCUT2D eigenvalue weighted by Crippen LogP contribution is -2.48. The van der Waals surface area contributed by atoms with Gasteiger partial charge in [-0.2, -0.15) is 5.10 Å². The molecule has 1 atom stereocenters. The molecule has 7 nitrogen and oxygen atoms in total. The van der Waals surface area contributed by atoms with Crippen molar-refractivity contribution < 1.29 is 14.4 Å². The minimum Gasteiger partial charge on any atom is -0.357 e. The molecule has 0 saturated heterocycles. The zero-order chi connectivity index (χ0) is 26.9. The van der Waals surface area contributed by atoms with Crippen LogP contribution in [0.5, 0.6) is 0 Å². The maximum Gasteiger partial charge on any atom is 0.245 e. The Bertz CT molecular complexity index is 1090. The van der Waals surface area contributed by atoms with E-state index in [2.05, 4.69) is 36.4 Å². The fourth-order valence-electron chi connectivity index (χ4n) is 5.40. The van der Waals surface area contributed by atoms with Gasteiger partial charge in [-0.25, -0.2) is 0 Å².